The highest BCUT2D eigenvalue weighted by Gasteiger charge is 2.30. The van der Waals surface area contributed by atoms with Crippen molar-refractivity contribution < 1.29 is 20.1 Å². The van der Waals surface area contributed by atoms with E-state index in [2.05, 4.69) is 5.32 Å². The third-order valence-corrected chi connectivity index (χ3v) is 3.04. The fourth-order valence-electron chi connectivity index (χ4n) is 1.99. The third kappa shape index (κ3) is 2.55. The van der Waals surface area contributed by atoms with Gasteiger partial charge in [0, 0.05) is 12.1 Å². The molecular formula is C12H17NO4. The van der Waals surface area contributed by atoms with Crippen LogP contribution in [-0.4, -0.2) is 34.0 Å². The largest absolute Gasteiger partial charge is 0.508 e. The van der Waals surface area contributed by atoms with E-state index in [1.807, 2.05) is 6.92 Å². The van der Waals surface area contributed by atoms with Crippen molar-refractivity contribution in [2.24, 2.45) is 0 Å². The monoisotopic (exact) mass is 239 g/mol. The van der Waals surface area contributed by atoms with Gasteiger partial charge in [-0.25, -0.2) is 0 Å². The first-order valence-electron chi connectivity index (χ1n) is 5.65. The SMILES string of the molecule is CC1(Oc2c(O)cc(O)cc2O)CCNCC1. The topological polar surface area (TPSA) is 82.0 Å². The molecule has 1 aliphatic rings. The Kier molecular flexibility index (Phi) is 3.02. The van der Waals surface area contributed by atoms with E-state index in [0.717, 1.165) is 38.1 Å². The molecule has 5 nitrogen and oxygen atoms in total. The number of aromatic hydroxyl groups is 3. The van der Waals surface area contributed by atoms with Crippen molar-refractivity contribution in [2.75, 3.05) is 13.1 Å². The number of rotatable bonds is 2. The lowest BCUT2D eigenvalue weighted by atomic mass is 9.94. The van der Waals surface area contributed by atoms with Crippen LogP contribution < -0.4 is 10.1 Å². The lowest BCUT2D eigenvalue weighted by Crippen LogP contribution is -2.43. The zero-order valence-electron chi connectivity index (χ0n) is 9.73. The van der Waals surface area contributed by atoms with Crippen molar-refractivity contribution in [1.82, 2.24) is 5.32 Å². The number of phenols is 3. The molecular weight excluding hydrogens is 222 g/mol. The van der Waals surface area contributed by atoms with E-state index in [4.69, 9.17) is 4.74 Å². The summed E-state index contributed by atoms with van der Waals surface area (Å²) in [6, 6.07) is 2.30. The molecule has 94 valence electrons. The minimum Gasteiger partial charge on any atom is -0.508 e. The Hall–Kier alpha value is -1.62. The van der Waals surface area contributed by atoms with Crippen LogP contribution in [0, 0.1) is 0 Å². The highest BCUT2D eigenvalue weighted by molar-refractivity contribution is 5.54. The maximum Gasteiger partial charge on any atom is 0.203 e. The van der Waals surface area contributed by atoms with Gasteiger partial charge in [-0.3, -0.25) is 0 Å². The van der Waals surface area contributed by atoms with E-state index in [0.29, 0.717) is 0 Å². The van der Waals surface area contributed by atoms with Gasteiger partial charge in [-0.15, -0.1) is 0 Å². The van der Waals surface area contributed by atoms with E-state index in [9.17, 15) is 15.3 Å². The first kappa shape index (κ1) is 11.9. The molecule has 2 rings (SSSR count). The summed E-state index contributed by atoms with van der Waals surface area (Å²) in [5.41, 5.74) is -0.406. The highest BCUT2D eigenvalue weighted by atomic mass is 16.5. The molecule has 0 unspecified atom stereocenters. The van der Waals surface area contributed by atoms with Crippen LogP contribution in [-0.2, 0) is 0 Å². The van der Waals surface area contributed by atoms with Crippen molar-refractivity contribution in [3.8, 4) is 23.0 Å². The van der Waals surface area contributed by atoms with Crippen LogP contribution in [0.3, 0.4) is 0 Å². The van der Waals surface area contributed by atoms with Crippen LogP contribution in [0.25, 0.3) is 0 Å². The first-order valence-corrected chi connectivity index (χ1v) is 5.65. The van der Waals surface area contributed by atoms with Gasteiger partial charge in [-0.1, -0.05) is 0 Å². The Morgan fingerprint density at radius 2 is 1.65 bits per heavy atom. The number of hydrogen-bond donors (Lipinski definition) is 4. The first-order chi connectivity index (χ1) is 8.00. The van der Waals surface area contributed by atoms with Crippen molar-refractivity contribution in [2.45, 2.75) is 25.4 Å². The average molecular weight is 239 g/mol. The Morgan fingerprint density at radius 3 is 2.18 bits per heavy atom. The second-order valence-corrected chi connectivity index (χ2v) is 4.62. The van der Waals surface area contributed by atoms with E-state index >= 15 is 0 Å². The minimum absolute atomic E-state index is 0.0344. The lowest BCUT2D eigenvalue weighted by molar-refractivity contribution is 0.0497. The van der Waals surface area contributed by atoms with Gasteiger partial charge >= 0.3 is 0 Å². The summed E-state index contributed by atoms with van der Waals surface area (Å²) in [4.78, 5) is 0. The maximum atomic E-state index is 9.66. The molecule has 4 N–H and O–H groups in total. The molecule has 0 aromatic heterocycles. The Bertz CT molecular complexity index is 390. The van der Waals surface area contributed by atoms with E-state index in [1.165, 1.54) is 0 Å². The van der Waals surface area contributed by atoms with Gasteiger partial charge < -0.3 is 25.4 Å². The third-order valence-electron chi connectivity index (χ3n) is 3.04. The van der Waals surface area contributed by atoms with Gasteiger partial charge in [-0.05, 0) is 32.9 Å². The Balaban J connectivity index is 2.23. The number of phenolic OH excluding ortho intramolecular Hbond substituents is 3. The highest BCUT2D eigenvalue weighted by Crippen LogP contribution is 2.42. The number of hydrogen-bond acceptors (Lipinski definition) is 5. The molecule has 0 saturated carbocycles. The molecule has 0 atom stereocenters. The Morgan fingerprint density at radius 1 is 1.12 bits per heavy atom. The molecule has 1 aromatic carbocycles. The molecule has 0 amide bonds. The summed E-state index contributed by atoms with van der Waals surface area (Å²) in [5.74, 6) is -0.653. The predicted molar refractivity (Wildman–Crippen MR) is 62.6 cm³/mol. The van der Waals surface area contributed by atoms with Gasteiger partial charge in [0.2, 0.25) is 5.75 Å². The molecule has 1 aromatic rings. The predicted octanol–water partition coefficient (Wildman–Crippen LogP) is 1.32. The maximum absolute atomic E-state index is 9.66. The van der Waals surface area contributed by atoms with E-state index in [-0.39, 0.29) is 23.0 Å². The summed E-state index contributed by atoms with van der Waals surface area (Å²) in [6.07, 6.45) is 1.60. The Labute approximate surface area is 99.7 Å². The number of ether oxygens (including phenoxy) is 1. The van der Waals surface area contributed by atoms with Gasteiger partial charge in [0.25, 0.3) is 0 Å². The van der Waals surface area contributed by atoms with Crippen LogP contribution in [0.4, 0.5) is 0 Å². The smallest absolute Gasteiger partial charge is 0.203 e. The minimum atomic E-state index is -0.406. The summed E-state index contributed by atoms with van der Waals surface area (Å²) >= 11 is 0. The molecule has 17 heavy (non-hydrogen) atoms. The molecule has 1 aliphatic heterocycles. The second-order valence-electron chi connectivity index (χ2n) is 4.62. The van der Waals surface area contributed by atoms with Crippen molar-refractivity contribution in [3.63, 3.8) is 0 Å². The van der Waals surface area contributed by atoms with Crippen molar-refractivity contribution >= 4 is 0 Å². The molecule has 0 spiro atoms. The van der Waals surface area contributed by atoms with Gasteiger partial charge in [0.15, 0.2) is 11.5 Å². The fourth-order valence-corrected chi connectivity index (χ4v) is 1.99. The normalized spacial score (nSPS) is 18.9. The summed E-state index contributed by atoms with van der Waals surface area (Å²) in [7, 11) is 0. The van der Waals surface area contributed by atoms with Crippen LogP contribution in [0.5, 0.6) is 23.0 Å². The molecule has 0 aliphatic carbocycles. The summed E-state index contributed by atoms with van der Waals surface area (Å²) in [6.45, 7) is 3.63. The van der Waals surface area contributed by atoms with Gasteiger partial charge in [0.05, 0.1) is 0 Å². The van der Waals surface area contributed by atoms with Crippen molar-refractivity contribution in [1.29, 1.82) is 0 Å². The van der Waals surface area contributed by atoms with Crippen LogP contribution in [0.15, 0.2) is 12.1 Å². The second kappa shape index (κ2) is 4.33. The van der Waals surface area contributed by atoms with Crippen LogP contribution >= 0.6 is 0 Å². The molecule has 1 fully saturated rings. The summed E-state index contributed by atoms with van der Waals surface area (Å²) in [5, 5.41) is 31.7. The standard InChI is InChI=1S/C12H17NO4/c1-12(2-4-13-5-3-12)17-11-9(15)6-8(14)7-10(11)16/h6-7,13-16H,2-5H2,1H3. The summed E-state index contributed by atoms with van der Waals surface area (Å²) < 4.78 is 5.71. The zero-order chi connectivity index (χ0) is 12.5. The molecule has 1 saturated heterocycles. The fraction of sp³-hybridized carbons (Fsp3) is 0.500. The number of piperidine rings is 1. The van der Waals surface area contributed by atoms with Crippen molar-refractivity contribution in [3.05, 3.63) is 12.1 Å². The molecule has 1 heterocycles. The molecule has 0 bridgehead atoms. The quantitative estimate of drug-likeness (QED) is 0.626. The van der Waals surface area contributed by atoms with Crippen LogP contribution in [0.1, 0.15) is 19.8 Å². The molecule has 0 radical (unpaired) electrons. The van der Waals surface area contributed by atoms with E-state index < -0.39 is 5.60 Å². The van der Waals surface area contributed by atoms with Gasteiger partial charge in [-0.2, -0.15) is 0 Å². The zero-order valence-corrected chi connectivity index (χ0v) is 9.73. The average Bonchev–Trinajstić information content (AvgIpc) is 2.24. The van der Waals surface area contributed by atoms with E-state index in [1.54, 1.807) is 0 Å². The number of nitrogens with one attached hydrogen (secondary N) is 1. The van der Waals surface area contributed by atoms with Crippen LogP contribution in [0.2, 0.25) is 0 Å². The number of benzene rings is 1. The lowest BCUT2D eigenvalue weighted by Gasteiger charge is -2.34. The molecule has 5 heteroatoms. The van der Waals surface area contributed by atoms with Gasteiger partial charge in [0.1, 0.15) is 11.4 Å².